The molecule has 0 amide bonds. The second kappa shape index (κ2) is 4.84. The highest BCUT2D eigenvalue weighted by Crippen LogP contribution is 2.19. The van der Waals surface area contributed by atoms with Gasteiger partial charge in [0.1, 0.15) is 5.69 Å². The van der Waals surface area contributed by atoms with E-state index in [1.54, 1.807) is 7.05 Å². The van der Waals surface area contributed by atoms with Crippen molar-refractivity contribution in [2.24, 2.45) is 0 Å². The SMILES string of the molecule is CNCc1nnnn1-c1ccc([N+](=O)[O-])cc1F. The highest BCUT2D eigenvalue weighted by Gasteiger charge is 2.15. The smallest absolute Gasteiger partial charge is 0.272 e. The van der Waals surface area contributed by atoms with Gasteiger partial charge in [-0.1, -0.05) is 0 Å². The molecule has 8 nitrogen and oxygen atoms in total. The van der Waals surface area contributed by atoms with Crippen molar-refractivity contribution in [1.29, 1.82) is 0 Å². The standard InChI is InChI=1S/C9H9FN6O2/c1-11-5-9-12-13-14-15(9)8-3-2-6(16(17)18)4-7(8)10/h2-4,11H,5H2,1H3. The number of tetrazole rings is 1. The number of nitro groups is 1. The third-order valence-corrected chi connectivity index (χ3v) is 2.24. The molecule has 18 heavy (non-hydrogen) atoms. The fraction of sp³-hybridized carbons (Fsp3) is 0.222. The summed E-state index contributed by atoms with van der Waals surface area (Å²) in [5.41, 5.74) is -0.254. The summed E-state index contributed by atoms with van der Waals surface area (Å²) in [6.07, 6.45) is 0. The first-order valence-corrected chi connectivity index (χ1v) is 4.99. The number of halogens is 1. The Bertz CT molecular complexity index is 584. The van der Waals surface area contributed by atoms with E-state index in [1.165, 1.54) is 16.8 Å². The predicted molar refractivity (Wildman–Crippen MR) is 58.5 cm³/mol. The molecular formula is C9H9FN6O2. The minimum atomic E-state index is -0.756. The normalized spacial score (nSPS) is 10.6. The number of nitrogens with one attached hydrogen (secondary N) is 1. The third kappa shape index (κ3) is 2.15. The summed E-state index contributed by atoms with van der Waals surface area (Å²) in [6, 6.07) is 3.30. The van der Waals surface area contributed by atoms with E-state index < -0.39 is 10.7 Å². The summed E-state index contributed by atoms with van der Waals surface area (Å²) in [6.45, 7) is 0.351. The van der Waals surface area contributed by atoms with Gasteiger partial charge in [-0.3, -0.25) is 10.1 Å². The van der Waals surface area contributed by atoms with Gasteiger partial charge in [-0.15, -0.1) is 5.10 Å². The summed E-state index contributed by atoms with van der Waals surface area (Å²) >= 11 is 0. The Labute approximate surface area is 101 Å². The quantitative estimate of drug-likeness (QED) is 0.625. The van der Waals surface area contributed by atoms with E-state index >= 15 is 0 Å². The van der Waals surface area contributed by atoms with Crippen LogP contribution in [0.1, 0.15) is 5.82 Å². The molecule has 9 heteroatoms. The van der Waals surface area contributed by atoms with Crippen LogP contribution in [0.15, 0.2) is 18.2 Å². The predicted octanol–water partition coefficient (Wildman–Crippen LogP) is 0.429. The van der Waals surface area contributed by atoms with Gasteiger partial charge in [0.15, 0.2) is 11.6 Å². The van der Waals surface area contributed by atoms with Crippen LogP contribution in [0.2, 0.25) is 0 Å². The van der Waals surface area contributed by atoms with Gasteiger partial charge in [0.25, 0.3) is 5.69 Å². The van der Waals surface area contributed by atoms with E-state index in [4.69, 9.17) is 0 Å². The van der Waals surface area contributed by atoms with Gasteiger partial charge >= 0.3 is 0 Å². The summed E-state index contributed by atoms with van der Waals surface area (Å²) in [7, 11) is 1.70. The molecule has 0 aliphatic carbocycles. The lowest BCUT2D eigenvalue weighted by Crippen LogP contribution is -2.13. The summed E-state index contributed by atoms with van der Waals surface area (Å²) in [5.74, 6) is -0.348. The van der Waals surface area contributed by atoms with Crippen LogP contribution in [0.4, 0.5) is 10.1 Å². The zero-order valence-corrected chi connectivity index (χ0v) is 9.37. The maximum absolute atomic E-state index is 13.8. The molecule has 0 spiro atoms. The van der Waals surface area contributed by atoms with Gasteiger partial charge in [0, 0.05) is 6.07 Å². The average molecular weight is 252 g/mol. The Morgan fingerprint density at radius 1 is 1.56 bits per heavy atom. The molecule has 0 radical (unpaired) electrons. The number of benzene rings is 1. The second-order valence-electron chi connectivity index (χ2n) is 3.43. The van der Waals surface area contributed by atoms with E-state index in [0.29, 0.717) is 12.4 Å². The van der Waals surface area contributed by atoms with Crippen LogP contribution in [0, 0.1) is 15.9 Å². The minimum Gasteiger partial charge on any atom is -0.313 e. The first-order valence-electron chi connectivity index (χ1n) is 4.99. The van der Waals surface area contributed by atoms with Crippen LogP contribution in [0.5, 0.6) is 0 Å². The van der Waals surface area contributed by atoms with Crippen LogP contribution >= 0.6 is 0 Å². The van der Waals surface area contributed by atoms with Gasteiger partial charge in [-0.2, -0.15) is 4.68 Å². The maximum atomic E-state index is 13.8. The number of non-ortho nitro benzene ring substituents is 1. The van der Waals surface area contributed by atoms with Crippen molar-refractivity contribution in [3.63, 3.8) is 0 Å². The number of nitrogens with zero attached hydrogens (tertiary/aromatic N) is 5. The zero-order valence-electron chi connectivity index (χ0n) is 9.37. The summed E-state index contributed by atoms with van der Waals surface area (Å²) in [4.78, 5) is 9.84. The first kappa shape index (κ1) is 12.0. The lowest BCUT2D eigenvalue weighted by molar-refractivity contribution is -0.385. The summed E-state index contributed by atoms with van der Waals surface area (Å²) < 4.78 is 14.9. The molecular weight excluding hydrogens is 243 g/mol. The topological polar surface area (TPSA) is 98.8 Å². The minimum absolute atomic E-state index is 0.0656. The largest absolute Gasteiger partial charge is 0.313 e. The number of nitro benzene ring substituents is 1. The van der Waals surface area contributed by atoms with Crippen LogP contribution in [0.25, 0.3) is 5.69 Å². The Balaban J connectivity index is 2.44. The van der Waals surface area contributed by atoms with Gasteiger partial charge < -0.3 is 5.32 Å². The highest BCUT2D eigenvalue weighted by atomic mass is 19.1. The van der Waals surface area contributed by atoms with Gasteiger partial charge in [0.2, 0.25) is 0 Å². The molecule has 0 aliphatic heterocycles. The average Bonchev–Trinajstić information content (AvgIpc) is 2.77. The monoisotopic (exact) mass is 252 g/mol. The Hall–Kier alpha value is -2.42. The molecule has 1 aromatic carbocycles. The molecule has 1 N–H and O–H groups in total. The Morgan fingerprint density at radius 3 is 2.94 bits per heavy atom. The number of hydrogen-bond acceptors (Lipinski definition) is 6. The van der Waals surface area contributed by atoms with Crippen molar-refractivity contribution >= 4 is 5.69 Å². The van der Waals surface area contributed by atoms with Crippen LogP contribution in [-0.4, -0.2) is 32.2 Å². The maximum Gasteiger partial charge on any atom is 0.272 e. The van der Waals surface area contributed by atoms with Crippen molar-refractivity contribution < 1.29 is 9.31 Å². The van der Waals surface area contributed by atoms with E-state index in [9.17, 15) is 14.5 Å². The Morgan fingerprint density at radius 2 is 2.33 bits per heavy atom. The molecule has 0 bridgehead atoms. The molecule has 1 aromatic heterocycles. The van der Waals surface area contributed by atoms with Crippen molar-refractivity contribution in [3.05, 3.63) is 40.0 Å². The van der Waals surface area contributed by atoms with Crippen molar-refractivity contribution in [3.8, 4) is 5.69 Å². The molecule has 0 unspecified atom stereocenters. The molecule has 0 aliphatic rings. The van der Waals surface area contributed by atoms with E-state index in [2.05, 4.69) is 20.8 Å². The number of aromatic nitrogens is 4. The lowest BCUT2D eigenvalue weighted by Gasteiger charge is -2.04. The lowest BCUT2D eigenvalue weighted by atomic mass is 10.2. The number of rotatable bonds is 4. The van der Waals surface area contributed by atoms with Crippen molar-refractivity contribution in [2.75, 3.05) is 7.05 Å². The molecule has 2 aromatic rings. The highest BCUT2D eigenvalue weighted by molar-refractivity contribution is 5.42. The molecule has 0 atom stereocenters. The molecule has 0 saturated carbocycles. The Kier molecular flexibility index (Phi) is 3.24. The van der Waals surface area contributed by atoms with Crippen LogP contribution in [0.3, 0.4) is 0 Å². The molecule has 0 saturated heterocycles. The first-order chi connectivity index (χ1) is 8.63. The van der Waals surface area contributed by atoms with Crippen LogP contribution < -0.4 is 5.32 Å². The molecule has 1 heterocycles. The fourth-order valence-electron chi connectivity index (χ4n) is 1.44. The van der Waals surface area contributed by atoms with E-state index in [1.807, 2.05) is 0 Å². The van der Waals surface area contributed by atoms with E-state index in [0.717, 1.165) is 6.07 Å². The zero-order chi connectivity index (χ0) is 13.1. The van der Waals surface area contributed by atoms with Crippen LogP contribution in [-0.2, 0) is 6.54 Å². The number of hydrogen-bond donors (Lipinski definition) is 1. The van der Waals surface area contributed by atoms with Crippen molar-refractivity contribution in [1.82, 2.24) is 25.5 Å². The van der Waals surface area contributed by atoms with Gasteiger partial charge in [0.05, 0.1) is 17.5 Å². The molecule has 0 fully saturated rings. The van der Waals surface area contributed by atoms with E-state index in [-0.39, 0.29) is 11.4 Å². The summed E-state index contributed by atoms with van der Waals surface area (Å²) in [5, 5.41) is 24.1. The molecule has 94 valence electrons. The molecule has 2 rings (SSSR count). The van der Waals surface area contributed by atoms with Gasteiger partial charge in [-0.05, 0) is 23.5 Å². The third-order valence-electron chi connectivity index (χ3n) is 2.24. The fourth-order valence-corrected chi connectivity index (χ4v) is 1.44. The second-order valence-corrected chi connectivity index (χ2v) is 3.43. The van der Waals surface area contributed by atoms with Crippen molar-refractivity contribution in [2.45, 2.75) is 6.54 Å². The van der Waals surface area contributed by atoms with Gasteiger partial charge in [-0.25, -0.2) is 4.39 Å².